The zero-order valence-corrected chi connectivity index (χ0v) is 18.1. The summed E-state index contributed by atoms with van der Waals surface area (Å²) in [5.41, 5.74) is 2.04. The lowest BCUT2D eigenvalue weighted by Crippen LogP contribution is -2.25. The monoisotopic (exact) mass is 455 g/mol. The third-order valence-electron chi connectivity index (χ3n) is 4.59. The van der Waals surface area contributed by atoms with Crippen LogP contribution in [0.2, 0.25) is 0 Å². The molecular weight excluding hydrogens is 437 g/mol. The van der Waals surface area contributed by atoms with Gasteiger partial charge in [-0.05, 0) is 23.8 Å². The summed E-state index contributed by atoms with van der Waals surface area (Å²) in [6.07, 6.45) is 0. The van der Waals surface area contributed by atoms with Crippen LogP contribution in [-0.2, 0) is 11.3 Å². The molecule has 0 unspecified atom stereocenters. The maximum absolute atomic E-state index is 13.2. The van der Waals surface area contributed by atoms with E-state index in [1.807, 2.05) is 29.6 Å². The van der Waals surface area contributed by atoms with Gasteiger partial charge in [-0.1, -0.05) is 42.1 Å². The van der Waals surface area contributed by atoms with E-state index in [0.717, 1.165) is 22.9 Å². The van der Waals surface area contributed by atoms with E-state index in [-0.39, 0.29) is 23.0 Å². The van der Waals surface area contributed by atoms with Crippen LogP contribution in [0.5, 0.6) is 5.75 Å². The van der Waals surface area contributed by atoms with Gasteiger partial charge in [0.1, 0.15) is 16.4 Å². The van der Waals surface area contributed by atoms with Crippen molar-refractivity contribution in [3.63, 3.8) is 0 Å². The molecule has 2 N–H and O–H groups in total. The highest BCUT2D eigenvalue weighted by molar-refractivity contribution is 7.99. The van der Waals surface area contributed by atoms with Crippen LogP contribution in [0.1, 0.15) is 5.56 Å². The van der Waals surface area contributed by atoms with Crippen LogP contribution >= 0.6 is 23.1 Å². The van der Waals surface area contributed by atoms with E-state index in [0.29, 0.717) is 33.2 Å². The molecule has 9 heteroatoms. The SMILES string of the molecule is COc1ccccc1CNC(=O)CSc1nc2scc(-c3ccc(F)cc3)c2c(=O)[nH]1. The van der Waals surface area contributed by atoms with E-state index >= 15 is 0 Å². The van der Waals surface area contributed by atoms with Gasteiger partial charge in [0.05, 0.1) is 18.2 Å². The number of hydrogen-bond donors (Lipinski definition) is 2. The summed E-state index contributed by atoms with van der Waals surface area (Å²) in [6, 6.07) is 13.4. The Hall–Kier alpha value is -3.17. The number of thioether (sulfide) groups is 1. The van der Waals surface area contributed by atoms with Gasteiger partial charge in [0.25, 0.3) is 5.56 Å². The lowest BCUT2D eigenvalue weighted by Gasteiger charge is -2.09. The van der Waals surface area contributed by atoms with Gasteiger partial charge in [0, 0.05) is 23.1 Å². The largest absolute Gasteiger partial charge is 0.496 e. The number of H-pyrrole nitrogens is 1. The second-order valence-electron chi connectivity index (χ2n) is 6.58. The fourth-order valence-corrected chi connectivity index (χ4v) is 4.76. The summed E-state index contributed by atoms with van der Waals surface area (Å²) in [7, 11) is 1.58. The molecule has 4 rings (SSSR count). The van der Waals surface area contributed by atoms with Crippen LogP contribution in [0.15, 0.2) is 63.9 Å². The van der Waals surface area contributed by atoms with E-state index in [1.165, 1.54) is 23.5 Å². The van der Waals surface area contributed by atoms with Crippen molar-refractivity contribution in [3.05, 3.63) is 75.6 Å². The van der Waals surface area contributed by atoms with Crippen molar-refractivity contribution in [3.8, 4) is 16.9 Å². The summed E-state index contributed by atoms with van der Waals surface area (Å²) >= 11 is 2.49. The third-order valence-corrected chi connectivity index (χ3v) is 6.33. The van der Waals surface area contributed by atoms with Gasteiger partial charge >= 0.3 is 0 Å². The van der Waals surface area contributed by atoms with Gasteiger partial charge in [0.2, 0.25) is 5.91 Å². The van der Waals surface area contributed by atoms with Crippen molar-refractivity contribution in [1.29, 1.82) is 0 Å². The number of aromatic nitrogens is 2. The van der Waals surface area contributed by atoms with Gasteiger partial charge in [-0.3, -0.25) is 9.59 Å². The summed E-state index contributed by atoms with van der Waals surface area (Å²) in [6.45, 7) is 0.346. The van der Waals surface area contributed by atoms with Crippen molar-refractivity contribution >= 4 is 39.2 Å². The number of halogens is 1. The molecule has 4 aromatic rings. The zero-order chi connectivity index (χ0) is 21.8. The third kappa shape index (κ3) is 4.78. The molecule has 2 aromatic heterocycles. The molecule has 2 heterocycles. The molecule has 1 amide bonds. The zero-order valence-electron chi connectivity index (χ0n) is 16.5. The second-order valence-corrected chi connectivity index (χ2v) is 8.41. The molecule has 0 aliphatic rings. The van der Waals surface area contributed by atoms with Gasteiger partial charge in [-0.15, -0.1) is 11.3 Å². The number of carbonyl (C=O) groups is 1. The summed E-state index contributed by atoms with van der Waals surface area (Å²) in [5.74, 6) is 0.302. The smallest absolute Gasteiger partial charge is 0.260 e. The molecule has 0 aliphatic carbocycles. The highest BCUT2D eigenvalue weighted by atomic mass is 32.2. The maximum atomic E-state index is 13.2. The minimum atomic E-state index is -0.335. The Morgan fingerprint density at radius 3 is 2.77 bits per heavy atom. The van der Waals surface area contributed by atoms with Crippen molar-refractivity contribution < 1.29 is 13.9 Å². The average Bonchev–Trinajstić information content (AvgIpc) is 3.21. The number of ether oxygens (including phenoxy) is 1. The number of amides is 1. The molecule has 31 heavy (non-hydrogen) atoms. The number of nitrogens with one attached hydrogen (secondary N) is 2. The molecule has 0 saturated carbocycles. The Bertz CT molecular complexity index is 1290. The molecule has 0 bridgehead atoms. The number of nitrogens with zero attached hydrogens (tertiary/aromatic N) is 1. The van der Waals surface area contributed by atoms with E-state index in [2.05, 4.69) is 15.3 Å². The van der Waals surface area contributed by atoms with Crippen LogP contribution in [0, 0.1) is 5.82 Å². The van der Waals surface area contributed by atoms with Crippen molar-refractivity contribution in [2.45, 2.75) is 11.7 Å². The fraction of sp³-hybridized carbons (Fsp3) is 0.136. The number of para-hydroxylation sites is 1. The predicted octanol–water partition coefficient (Wildman–Crippen LogP) is 4.21. The van der Waals surface area contributed by atoms with Gasteiger partial charge in [-0.25, -0.2) is 9.37 Å². The quantitative estimate of drug-likeness (QED) is 0.322. The Morgan fingerprint density at radius 1 is 1.23 bits per heavy atom. The first kappa shape index (κ1) is 21.1. The number of hydrogen-bond acceptors (Lipinski definition) is 6. The molecule has 6 nitrogen and oxygen atoms in total. The Balaban J connectivity index is 1.44. The Kier molecular flexibility index (Phi) is 6.34. The number of thiophene rings is 1. The van der Waals surface area contributed by atoms with Gasteiger partial charge in [0.15, 0.2) is 5.16 Å². The number of rotatable bonds is 7. The fourth-order valence-electron chi connectivity index (χ4n) is 3.07. The van der Waals surface area contributed by atoms with E-state index < -0.39 is 0 Å². The standard InChI is InChI=1S/C22H18FN3O3S2/c1-29-17-5-3-2-4-14(17)10-24-18(27)12-31-22-25-20(28)19-16(11-30-21(19)26-22)13-6-8-15(23)9-7-13/h2-9,11H,10,12H2,1H3,(H,24,27)(H,25,26,28). The number of fused-ring (bicyclic) bond motifs is 1. The summed E-state index contributed by atoms with van der Waals surface area (Å²) < 4.78 is 18.5. The van der Waals surface area contributed by atoms with Crippen LogP contribution < -0.4 is 15.6 Å². The molecule has 0 spiro atoms. The predicted molar refractivity (Wildman–Crippen MR) is 121 cm³/mol. The molecule has 158 valence electrons. The second kappa shape index (κ2) is 9.32. The lowest BCUT2D eigenvalue weighted by molar-refractivity contribution is -0.118. The van der Waals surface area contributed by atoms with Crippen molar-refractivity contribution in [2.24, 2.45) is 0 Å². The Labute approximate surface area is 185 Å². The van der Waals surface area contributed by atoms with E-state index in [4.69, 9.17) is 4.74 Å². The average molecular weight is 456 g/mol. The van der Waals surface area contributed by atoms with E-state index in [9.17, 15) is 14.0 Å². The first-order valence-electron chi connectivity index (χ1n) is 9.34. The minimum Gasteiger partial charge on any atom is -0.496 e. The molecule has 0 saturated heterocycles. The lowest BCUT2D eigenvalue weighted by atomic mass is 10.1. The minimum absolute atomic E-state index is 0.111. The van der Waals surface area contributed by atoms with Crippen molar-refractivity contribution in [1.82, 2.24) is 15.3 Å². The summed E-state index contributed by atoms with van der Waals surface area (Å²) in [5, 5.41) is 5.50. The molecular formula is C22H18FN3O3S2. The number of aromatic amines is 1. The first-order chi connectivity index (χ1) is 15.0. The summed E-state index contributed by atoms with van der Waals surface area (Å²) in [4.78, 5) is 32.7. The highest BCUT2D eigenvalue weighted by Crippen LogP contribution is 2.31. The van der Waals surface area contributed by atoms with Crippen LogP contribution in [0.4, 0.5) is 4.39 Å². The number of methoxy groups -OCH3 is 1. The molecule has 0 fully saturated rings. The van der Waals surface area contributed by atoms with Crippen LogP contribution in [-0.4, -0.2) is 28.7 Å². The number of benzene rings is 2. The van der Waals surface area contributed by atoms with Gasteiger partial charge < -0.3 is 15.0 Å². The van der Waals surface area contributed by atoms with Crippen LogP contribution in [0.25, 0.3) is 21.3 Å². The van der Waals surface area contributed by atoms with E-state index in [1.54, 1.807) is 19.2 Å². The Morgan fingerprint density at radius 2 is 2.00 bits per heavy atom. The maximum Gasteiger partial charge on any atom is 0.260 e. The molecule has 0 aliphatic heterocycles. The van der Waals surface area contributed by atoms with Crippen LogP contribution in [0.3, 0.4) is 0 Å². The normalized spacial score (nSPS) is 10.9. The number of carbonyl (C=O) groups excluding carboxylic acids is 1. The highest BCUT2D eigenvalue weighted by Gasteiger charge is 2.14. The van der Waals surface area contributed by atoms with Crippen molar-refractivity contribution in [2.75, 3.05) is 12.9 Å². The first-order valence-corrected chi connectivity index (χ1v) is 11.2. The molecule has 2 aromatic carbocycles. The topological polar surface area (TPSA) is 84.1 Å². The van der Waals surface area contributed by atoms with Gasteiger partial charge in [-0.2, -0.15) is 0 Å². The molecule has 0 atom stereocenters. The molecule has 0 radical (unpaired) electrons.